The number of rotatable bonds is 18. The smallest absolute Gasteiger partial charge is 0.262 e. The zero-order valence-electron chi connectivity index (χ0n) is 33.6. The molecular formula is C42H50N8O9. The number of aromatic amines is 1. The van der Waals surface area contributed by atoms with Crippen molar-refractivity contribution in [1.82, 2.24) is 35.3 Å². The second-order valence-electron chi connectivity index (χ2n) is 15.8. The van der Waals surface area contributed by atoms with Gasteiger partial charge in [0.25, 0.3) is 11.8 Å². The molecule has 2 N–H and O–H groups in total. The Kier molecular flexibility index (Phi) is 11.9. The molecule has 1 saturated carbocycles. The maximum Gasteiger partial charge on any atom is 0.262 e. The zero-order valence-corrected chi connectivity index (χ0v) is 33.6. The Bertz CT molecular complexity index is 2200. The number of benzene rings is 2. The summed E-state index contributed by atoms with van der Waals surface area (Å²) in [5.74, 6) is -0.0789. The summed E-state index contributed by atoms with van der Waals surface area (Å²) < 4.78 is 29.1. The number of piperidine rings is 1. The van der Waals surface area contributed by atoms with Crippen LogP contribution in [0, 0.1) is 0 Å². The van der Waals surface area contributed by atoms with E-state index in [0.717, 1.165) is 71.2 Å². The van der Waals surface area contributed by atoms with Gasteiger partial charge in [0.2, 0.25) is 11.8 Å². The number of aromatic nitrogens is 4. The predicted molar refractivity (Wildman–Crippen MR) is 214 cm³/mol. The molecule has 0 bridgehead atoms. The third kappa shape index (κ3) is 9.07. The highest BCUT2D eigenvalue weighted by molar-refractivity contribution is 6.23. The monoisotopic (exact) mass is 810 g/mol. The van der Waals surface area contributed by atoms with Crippen LogP contribution in [-0.4, -0.2) is 143 Å². The Hall–Kier alpha value is -5.49. The lowest BCUT2D eigenvalue weighted by Crippen LogP contribution is -2.57. The second kappa shape index (κ2) is 17.4. The molecule has 17 heteroatoms. The van der Waals surface area contributed by atoms with Crippen LogP contribution >= 0.6 is 0 Å². The highest BCUT2D eigenvalue weighted by atomic mass is 16.6. The number of ether oxygens (including phenoxy) is 5. The van der Waals surface area contributed by atoms with Crippen LogP contribution in [0.1, 0.15) is 67.2 Å². The summed E-state index contributed by atoms with van der Waals surface area (Å²) in [6.45, 7) is 11.9. The summed E-state index contributed by atoms with van der Waals surface area (Å²) >= 11 is 0. The van der Waals surface area contributed by atoms with E-state index < -0.39 is 29.7 Å². The molecule has 3 atom stereocenters. The van der Waals surface area contributed by atoms with Gasteiger partial charge in [0.15, 0.2) is 0 Å². The maximum atomic E-state index is 13.0. The van der Waals surface area contributed by atoms with E-state index in [1.165, 1.54) is 12.1 Å². The predicted octanol–water partition coefficient (Wildman–Crippen LogP) is 3.38. The number of hydrogen-bond donors (Lipinski definition) is 2. The normalized spacial score (nSPS) is 21.6. The largest absolute Gasteiger partial charge is 0.491 e. The first-order valence-corrected chi connectivity index (χ1v) is 20.3. The molecule has 4 amide bonds. The third-order valence-electron chi connectivity index (χ3n) is 11.3. The van der Waals surface area contributed by atoms with Gasteiger partial charge in [0, 0.05) is 49.6 Å². The van der Waals surface area contributed by atoms with E-state index in [1.807, 2.05) is 24.3 Å². The molecule has 17 nitrogen and oxygen atoms in total. The topological polar surface area (TPSA) is 191 Å². The van der Waals surface area contributed by atoms with Crippen molar-refractivity contribution >= 4 is 40.3 Å². The van der Waals surface area contributed by atoms with Crippen molar-refractivity contribution in [2.75, 3.05) is 70.8 Å². The van der Waals surface area contributed by atoms with Crippen LogP contribution in [0.5, 0.6) is 11.5 Å². The van der Waals surface area contributed by atoms with Gasteiger partial charge in [-0.3, -0.25) is 39.4 Å². The number of H-pyrrole nitrogens is 1. The van der Waals surface area contributed by atoms with E-state index in [9.17, 15) is 19.2 Å². The van der Waals surface area contributed by atoms with Crippen molar-refractivity contribution in [3.63, 3.8) is 0 Å². The Morgan fingerprint density at radius 1 is 0.797 bits per heavy atom. The molecule has 1 aliphatic carbocycles. The maximum absolute atomic E-state index is 13.0. The van der Waals surface area contributed by atoms with Gasteiger partial charge in [-0.1, -0.05) is 0 Å². The van der Waals surface area contributed by atoms with Crippen LogP contribution in [-0.2, 0) is 23.8 Å². The van der Waals surface area contributed by atoms with Gasteiger partial charge in [-0.2, -0.15) is 5.10 Å². The van der Waals surface area contributed by atoms with Gasteiger partial charge in [-0.15, -0.1) is 0 Å². The van der Waals surface area contributed by atoms with Gasteiger partial charge >= 0.3 is 0 Å². The first-order chi connectivity index (χ1) is 28.6. The zero-order chi connectivity index (χ0) is 41.1. The number of anilines is 1. The lowest BCUT2D eigenvalue weighted by molar-refractivity contribution is -0.136. The van der Waals surface area contributed by atoms with E-state index in [1.54, 1.807) is 12.4 Å². The lowest BCUT2D eigenvalue weighted by Gasteiger charge is -2.44. The van der Waals surface area contributed by atoms with Crippen molar-refractivity contribution in [3.05, 3.63) is 59.9 Å². The van der Waals surface area contributed by atoms with Crippen molar-refractivity contribution in [2.45, 2.75) is 70.2 Å². The average Bonchev–Trinajstić information content (AvgIpc) is 3.70. The quantitative estimate of drug-likeness (QED) is 0.110. The number of nitrogens with one attached hydrogen (secondary N) is 2. The van der Waals surface area contributed by atoms with Crippen molar-refractivity contribution in [2.24, 2.45) is 0 Å². The van der Waals surface area contributed by atoms with E-state index >= 15 is 0 Å². The molecule has 8 rings (SSSR count). The van der Waals surface area contributed by atoms with Crippen molar-refractivity contribution in [3.8, 4) is 22.9 Å². The van der Waals surface area contributed by atoms with E-state index in [4.69, 9.17) is 23.7 Å². The fourth-order valence-corrected chi connectivity index (χ4v) is 7.92. The van der Waals surface area contributed by atoms with Crippen LogP contribution in [0.2, 0.25) is 0 Å². The summed E-state index contributed by atoms with van der Waals surface area (Å²) in [7, 11) is 0. The molecule has 5 heterocycles. The molecule has 59 heavy (non-hydrogen) atoms. The number of carbonyl (C=O) groups excluding carboxylic acids is 4. The number of imide groups is 2. The van der Waals surface area contributed by atoms with Gasteiger partial charge in [0.05, 0.1) is 62.0 Å². The Balaban J connectivity index is 0.698. The molecule has 2 aromatic heterocycles. The molecule has 4 aliphatic rings. The van der Waals surface area contributed by atoms with Gasteiger partial charge in [0.1, 0.15) is 47.6 Å². The molecule has 2 saturated heterocycles. The molecule has 3 fully saturated rings. The Morgan fingerprint density at radius 3 is 2.22 bits per heavy atom. The highest BCUT2D eigenvalue weighted by Crippen LogP contribution is 2.41. The number of fused-ring (bicyclic) bond motifs is 2. The van der Waals surface area contributed by atoms with E-state index in [2.05, 4.69) is 56.1 Å². The summed E-state index contributed by atoms with van der Waals surface area (Å²) in [4.78, 5) is 64.6. The van der Waals surface area contributed by atoms with E-state index in [0.29, 0.717) is 45.4 Å². The van der Waals surface area contributed by atoms with E-state index in [-0.39, 0.29) is 48.3 Å². The number of hydrogen-bond acceptors (Lipinski definition) is 14. The molecule has 312 valence electrons. The van der Waals surface area contributed by atoms with Crippen LogP contribution < -0.4 is 19.7 Å². The number of piperazine rings is 1. The number of nitrogens with zero attached hydrogens (tertiary/aromatic N) is 6. The minimum Gasteiger partial charge on any atom is -0.491 e. The van der Waals surface area contributed by atoms with Crippen LogP contribution in [0.3, 0.4) is 0 Å². The summed E-state index contributed by atoms with van der Waals surface area (Å²) in [6, 6.07) is 12.2. The summed E-state index contributed by atoms with van der Waals surface area (Å²) in [6.07, 6.45) is 3.92. The molecule has 0 radical (unpaired) electrons. The Labute approximate surface area is 341 Å². The SMILES string of the molecule is C[C@@H]1CN(c2cc(-c3n[nH]c4ccc(OC5(C)CC5)cc34)ncn2)C[C@H](C)N1CCOCCOCCOCCOc1ccc2c(c1)C(=O)N(C1CCC(=O)NC1=O)C2=O. The van der Waals surface area contributed by atoms with Crippen LogP contribution in [0.15, 0.2) is 48.8 Å². The molecule has 0 spiro atoms. The lowest BCUT2D eigenvalue weighted by atomic mass is 10.0. The molecule has 4 aromatic rings. The highest BCUT2D eigenvalue weighted by Gasteiger charge is 2.45. The minimum atomic E-state index is -1.01. The summed E-state index contributed by atoms with van der Waals surface area (Å²) in [5, 5.41) is 10.9. The van der Waals surface area contributed by atoms with Gasteiger partial charge < -0.3 is 28.6 Å². The molecule has 2 aromatic carbocycles. The standard InChI is InChI=1S/C42H50N8O9/c1-26-23-48(36-22-34(43-25-44-36)38-32-21-29(59-42(3)10-11-42)5-7-33(32)46-47-38)24-27(2)49(26)12-13-55-14-15-56-16-17-57-18-19-58-28-4-6-30-31(20-28)41(54)50(40(30)53)35-8-9-37(51)45-39(35)52/h4-7,20-22,25-27,35H,8-19,23-24H2,1-3H3,(H,46,47)(H,45,51,52)/t26-,27+,35?. The van der Waals surface area contributed by atoms with Crippen molar-refractivity contribution in [1.29, 1.82) is 0 Å². The number of amides is 4. The fourth-order valence-electron chi connectivity index (χ4n) is 7.92. The van der Waals surface area contributed by atoms with Gasteiger partial charge in [-0.25, -0.2) is 9.97 Å². The number of carbonyl (C=O) groups is 4. The van der Waals surface area contributed by atoms with Crippen LogP contribution in [0.4, 0.5) is 5.82 Å². The first-order valence-electron chi connectivity index (χ1n) is 20.3. The van der Waals surface area contributed by atoms with Crippen molar-refractivity contribution < 1.29 is 42.9 Å². The van der Waals surface area contributed by atoms with Gasteiger partial charge in [-0.05, 0) is 76.4 Å². The summed E-state index contributed by atoms with van der Waals surface area (Å²) in [5.41, 5.74) is 2.79. The fraction of sp³-hybridized carbons (Fsp3) is 0.500. The molecular weight excluding hydrogens is 761 g/mol. The average molecular weight is 811 g/mol. The minimum absolute atomic E-state index is 0.0623. The second-order valence-corrected chi connectivity index (χ2v) is 15.8. The first kappa shape index (κ1) is 40.3. The third-order valence-corrected chi connectivity index (χ3v) is 11.3. The molecule has 1 unspecified atom stereocenters. The molecule has 3 aliphatic heterocycles. The Morgan fingerprint density at radius 2 is 1.49 bits per heavy atom. The van der Waals surface area contributed by atoms with Crippen LogP contribution in [0.25, 0.3) is 22.3 Å².